The molecule has 0 aliphatic carbocycles. The molecule has 0 N–H and O–H groups in total. The van der Waals surface area contributed by atoms with Gasteiger partial charge >= 0.3 is 0 Å². The molecule has 0 saturated carbocycles. The standard InChI is InChI=1S/C23H34N2/c1-4-5-6-13-18-25(22-16-11-8-12-17-22)20-23(24(2)3)19-21-14-9-7-10-15-21/h7-12,14-17,23H,4-6,13,18-20H2,1-3H3. The molecule has 0 spiro atoms. The third-order valence-electron chi connectivity index (χ3n) is 4.88. The van der Waals surface area contributed by atoms with Crippen molar-refractivity contribution in [3.8, 4) is 0 Å². The van der Waals surface area contributed by atoms with E-state index in [1.807, 2.05) is 0 Å². The number of likely N-dealkylation sites (N-methyl/N-ethyl adjacent to an activating group) is 1. The summed E-state index contributed by atoms with van der Waals surface area (Å²) in [6, 6.07) is 22.3. The van der Waals surface area contributed by atoms with Crippen molar-refractivity contribution in [2.75, 3.05) is 32.1 Å². The van der Waals surface area contributed by atoms with Gasteiger partial charge in [-0.2, -0.15) is 0 Å². The van der Waals surface area contributed by atoms with Gasteiger partial charge in [-0.3, -0.25) is 0 Å². The van der Waals surface area contributed by atoms with Gasteiger partial charge in [0, 0.05) is 24.8 Å². The fraction of sp³-hybridized carbons (Fsp3) is 0.478. The first-order valence-corrected chi connectivity index (χ1v) is 9.71. The molecule has 0 amide bonds. The van der Waals surface area contributed by atoms with Gasteiger partial charge in [-0.1, -0.05) is 74.7 Å². The van der Waals surface area contributed by atoms with E-state index in [0.29, 0.717) is 6.04 Å². The third-order valence-corrected chi connectivity index (χ3v) is 4.88. The van der Waals surface area contributed by atoms with Gasteiger partial charge in [-0.15, -0.1) is 0 Å². The molecule has 25 heavy (non-hydrogen) atoms. The average molecular weight is 339 g/mol. The largest absolute Gasteiger partial charge is 0.370 e. The van der Waals surface area contributed by atoms with Gasteiger partial charge in [-0.25, -0.2) is 0 Å². The molecule has 0 saturated heterocycles. The van der Waals surface area contributed by atoms with Crippen LogP contribution in [-0.2, 0) is 6.42 Å². The van der Waals surface area contributed by atoms with Crippen molar-refractivity contribution >= 4 is 5.69 Å². The topological polar surface area (TPSA) is 6.48 Å². The SMILES string of the molecule is CCCCCCN(CC(Cc1ccccc1)N(C)C)c1ccccc1. The molecule has 2 heteroatoms. The fourth-order valence-corrected chi connectivity index (χ4v) is 3.25. The van der Waals surface area contributed by atoms with Crippen molar-refractivity contribution in [3.05, 3.63) is 66.2 Å². The van der Waals surface area contributed by atoms with Gasteiger partial charge in [0.1, 0.15) is 0 Å². The molecule has 0 aliphatic rings. The summed E-state index contributed by atoms with van der Waals surface area (Å²) < 4.78 is 0. The first-order chi connectivity index (χ1) is 12.2. The number of nitrogens with zero attached hydrogens (tertiary/aromatic N) is 2. The van der Waals surface area contributed by atoms with Crippen LogP contribution in [0.3, 0.4) is 0 Å². The molecule has 0 bridgehead atoms. The highest BCUT2D eigenvalue weighted by molar-refractivity contribution is 5.46. The van der Waals surface area contributed by atoms with Gasteiger partial charge < -0.3 is 9.80 Å². The van der Waals surface area contributed by atoms with Gasteiger partial charge in [0.15, 0.2) is 0 Å². The molecule has 2 rings (SSSR count). The predicted octanol–water partition coefficient (Wildman–Crippen LogP) is 5.25. The minimum Gasteiger partial charge on any atom is -0.370 e. The monoisotopic (exact) mass is 338 g/mol. The van der Waals surface area contributed by atoms with E-state index in [2.05, 4.69) is 91.5 Å². The lowest BCUT2D eigenvalue weighted by Crippen LogP contribution is -2.42. The van der Waals surface area contributed by atoms with Crippen LogP contribution >= 0.6 is 0 Å². The first kappa shape index (κ1) is 19.5. The van der Waals surface area contributed by atoms with Crippen molar-refractivity contribution in [2.24, 2.45) is 0 Å². The normalized spacial score (nSPS) is 12.3. The van der Waals surface area contributed by atoms with Gasteiger partial charge in [0.25, 0.3) is 0 Å². The summed E-state index contributed by atoms with van der Waals surface area (Å²) in [7, 11) is 4.40. The second-order valence-corrected chi connectivity index (χ2v) is 7.15. The van der Waals surface area contributed by atoms with Gasteiger partial charge in [-0.05, 0) is 44.6 Å². The lowest BCUT2D eigenvalue weighted by molar-refractivity contribution is 0.292. The zero-order valence-corrected chi connectivity index (χ0v) is 16.2. The summed E-state index contributed by atoms with van der Waals surface area (Å²) in [5, 5.41) is 0. The number of unbranched alkanes of at least 4 members (excludes halogenated alkanes) is 3. The van der Waals surface area contributed by atoms with E-state index in [0.717, 1.165) is 19.5 Å². The Hall–Kier alpha value is -1.80. The Morgan fingerprint density at radius 2 is 1.44 bits per heavy atom. The Balaban J connectivity index is 2.05. The lowest BCUT2D eigenvalue weighted by Gasteiger charge is -2.33. The van der Waals surface area contributed by atoms with Crippen molar-refractivity contribution < 1.29 is 0 Å². The van der Waals surface area contributed by atoms with Crippen LogP contribution in [-0.4, -0.2) is 38.1 Å². The molecule has 0 aliphatic heterocycles. The highest BCUT2D eigenvalue weighted by Gasteiger charge is 2.17. The van der Waals surface area contributed by atoms with Crippen LogP contribution in [0.2, 0.25) is 0 Å². The summed E-state index contributed by atoms with van der Waals surface area (Å²) in [4.78, 5) is 4.94. The zero-order valence-electron chi connectivity index (χ0n) is 16.2. The molecule has 2 nitrogen and oxygen atoms in total. The second-order valence-electron chi connectivity index (χ2n) is 7.15. The van der Waals surface area contributed by atoms with Crippen molar-refractivity contribution in [2.45, 2.75) is 45.1 Å². The van der Waals surface area contributed by atoms with Crippen LogP contribution in [0.25, 0.3) is 0 Å². The fourth-order valence-electron chi connectivity index (χ4n) is 3.25. The van der Waals surface area contributed by atoms with Crippen LogP contribution < -0.4 is 4.90 Å². The maximum absolute atomic E-state index is 2.57. The van der Waals surface area contributed by atoms with Crippen molar-refractivity contribution in [1.82, 2.24) is 4.90 Å². The molecule has 0 aromatic heterocycles. The van der Waals surface area contributed by atoms with Gasteiger partial charge in [0.2, 0.25) is 0 Å². The van der Waals surface area contributed by atoms with Crippen LogP contribution in [0.5, 0.6) is 0 Å². The van der Waals surface area contributed by atoms with E-state index in [9.17, 15) is 0 Å². The molecular formula is C23H34N2. The number of benzene rings is 2. The highest BCUT2D eigenvalue weighted by atomic mass is 15.2. The first-order valence-electron chi connectivity index (χ1n) is 9.71. The summed E-state index contributed by atoms with van der Waals surface area (Å²) in [5.41, 5.74) is 2.76. The van der Waals surface area contributed by atoms with Crippen LogP contribution in [0, 0.1) is 0 Å². The smallest absolute Gasteiger partial charge is 0.0366 e. The Morgan fingerprint density at radius 3 is 2.04 bits per heavy atom. The Bertz CT molecular complexity index is 565. The quantitative estimate of drug-likeness (QED) is 0.517. The summed E-state index contributed by atoms with van der Waals surface area (Å²) in [6.45, 7) is 4.48. The molecule has 0 heterocycles. The molecule has 136 valence electrons. The highest BCUT2D eigenvalue weighted by Crippen LogP contribution is 2.18. The van der Waals surface area contributed by atoms with Crippen LogP contribution in [0.4, 0.5) is 5.69 Å². The molecule has 1 unspecified atom stereocenters. The predicted molar refractivity (Wildman–Crippen MR) is 110 cm³/mol. The molecular weight excluding hydrogens is 304 g/mol. The van der Waals surface area contributed by atoms with E-state index in [4.69, 9.17) is 0 Å². The van der Waals surface area contributed by atoms with E-state index in [1.54, 1.807) is 0 Å². The molecule has 2 aromatic carbocycles. The maximum atomic E-state index is 2.57. The number of rotatable bonds is 11. The van der Waals surface area contributed by atoms with Gasteiger partial charge in [0.05, 0.1) is 0 Å². The average Bonchev–Trinajstić information content (AvgIpc) is 2.64. The Kier molecular flexibility index (Phi) is 8.54. The minimum atomic E-state index is 0.508. The van der Waals surface area contributed by atoms with E-state index in [1.165, 1.54) is 36.9 Å². The summed E-state index contributed by atoms with van der Waals surface area (Å²) >= 11 is 0. The molecule has 2 aromatic rings. The molecule has 0 radical (unpaired) electrons. The van der Waals surface area contributed by atoms with E-state index < -0.39 is 0 Å². The number of para-hydroxylation sites is 1. The summed E-state index contributed by atoms with van der Waals surface area (Å²) in [6.07, 6.45) is 6.31. The van der Waals surface area contributed by atoms with E-state index >= 15 is 0 Å². The molecule has 0 fully saturated rings. The van der Waals surface area contributed by atoms with Crippen LogP contribution in [0.15, 0.2) is 60.7 Å². The molecule has 1 atom stereocenters. The number of anilines is 1. The van der Waals surface area contributed by atoms with Crippen molar-refractivity contribution in [1.29, 1.82) is 0 Å². The van der Waals surface area contributed by atoms with E-state index in [-0.39, 0.29) is 0 Å². The minimum absolute atomic E-state index is 0.508. The summed E-state index contributed by atoms with van der Waals surface area (Å²) in [5.74, 6) is 0. The number of hydrogen-bond acceptors (Lipinski definition) is 2. The number of hydrogen-bond donors (Lipinski definition) is 0. The van der Waals surface area contributed by atoms with Crippen LogP contribution in [0.1, 0.15) is 38.2 Å². The zero-order chi connectivity index (χ0) is 17.9. The lowest BCUT2D eigenvalue weighted by atomic mass is 10.0. The maximum Gasteiger partial charge on any atom is 0.0366 e. The Morgan fingerprint density at radius 1 is 0.800 bits per heavy atom. The Labute approximate surface area is 154 Å². The third kappa shape index (κ3) is 6.91. The van der Waals surface area contributed by atoms with Crippen molar-refractivity contribution in [3.63, 3.8) is 0 Å². The second kappa shape index (κ2) is 10.9.